The van der Waals surface area contributed by atoms with E-state index in [1.807, 2.05) is 18.0 Å². The van der Waals surface area contributed by atoms with Crippen LogP contribution in [0.5, 0.6) is 0 Å². The van der Waals surface area contributed by atoms with Crippen molar-refractivity contribution in [3.8, 4) is 0 Å². The lowest BCUT2D eigenvalue weighted by atomic mass is 9.96. The number of hydrogen-bond donors (Lipinski definition) is 1. The zero-order chi connectivity index (χ0) is 13.8. The van der Waals surface area contributed by atoms with E-state index in [0.29, 0.717) is 16.5 Å². The summed E-state index contributed by atoms with van der Waals surface area (Å²) in [5.74, 6) is 0.717. The van der Waals surface area contributed by atoms with E-state index in [-0.39, 0.29) is 5.91 Å². The van der Waals surface area contributed by atoms with Gasteiger partial charge in [0.2, 0.25) is 0 Å². The van der Waals surface area contributed by atoms with Gasteiger partial charge in [-0.05, 0) is 50.6 Å². The zero-order valence-electron chi connectivity index (χ0n) is 11.0. The molecule has 0 aromatic heterocycles. The van der Waals surface area contributed by atoms with E-state index in [0.717, 1.165) is 36.9 Å². The third-order valence-corrected chi connectivity index (χ3v) is 4.36. The Morgan fingerprint density at radius 1 is 1.47 bits per heavy atom. The van der Waals surface area contributed by atoms with Crippen molar-refractivity contribution in [1.29, 1.82) is 0 Å². The smallest absolute Gasteiger partial charge is 0.255 e. The molecule has 19 heavy (non-hydrogen) atoms. The van der Waals surface area contributed by atoms with Gasteiger partial charge in [0, 0.05) is 17.6 Å². The number of nitrogens with zero attached hydrogens (tertiary/aromatic N) is 1. The lowest BCUT2D eigenvalue weighted by Crippen LogP contribution is -2.40. The number of carbonyl (C=O) groups excluding carboxylic acids is 1. The summed E-state index contributed by atoms with van der Waals surface area (Å²) < 4.78 is 0.891. The molecule has 1 aliphatic heterocycles. The molecule has 1 N–H and O–H groups in total. The minimum absolute atomic E-state index is 0.0420. The molecular weight excluding hydrogens is 328 g/mol. The second-order valence-electron chi connectivity index (χ2n) is 4.92. The molecule has 0 spiro atoms. The lowest BCUT2D eigenvalue weighted by molar-refractivity contribution is 0.0691. The highest BCUT2D eigenvalue weighted by Crippen LogP contribution is 2.24. The van der Waals surface area contributed by atoms with Crippen LogP contribution in [-0.4, -0.2) is 37.5 Å². The summed E-state index contributed by atoms with van der Waals surface area (Å²) in [7, 11) is 1.97. The zero-order valence-corrected chi connectivity index (χ0v) is 13.3. The molecule has 1 aromatic carbocycles. The molecule has 1 aliphatic rings. The molecule has 1 heterocycles. The van der Waals surface area contributed by atoms with Gasteiger partial charge in [0.05, 0.1) is 10.6 Å². The van der Waals surface area contributed by atoms with Crippen LogP contribution in [0.3, 0.4) is 0 Å². The number of rotatable bonds is 3. The standard InChI is InChI=1S/C14H18BrClN2O/c1-17-9-10-4-6-18(7-5-10)14(19)12-3-2-11(15)8-13(12)16/h2-3,8,10,17H,4-7,9H2,1H3. The molecule has 3 nitrogen and oxygen atoms in total. The van der Waals surface area contributed by atoms with E-state index in [1.54, 1.807) is 12.1 Å². The van der Waals surface area contributed by atoms with Crippen LogP contribution in [0.25, 0.3) is 0 Å². The molecule has 104 valence electrons. The van der Waals surface area contributed by atoms with E-state index < -0.39 is 0 Å². The average Bonchev–Trinajstić information content (AvgIpc) is 2.39. The summed E-state index contributed by atoms with van der Waals surface area (Å²) >= 11 is 9.48. The van der Waals surface area contributed by atoms with Gasteiger partial charge < -0.3 is 10.2 Å². The Hall–Kier alpha value is -0.580. The molecule has 1 fully saturated rings. The van der Waals surface area contributed by atoms with Crippen LogP contribution in [0.4, 0.5) is 0 Å². The van der Waals surface area contributed by atoms with Crippen LogP contribution >= 0.6 is 27.5 Å². The van der Waals surface area contributed by atoms with Crippen LogP contribution < -0.4 is 5.32 Å². The van der Waals surface area contributed by atoms with Gasteiger partial charge in [-0.15, -0.1) is 0 Å². The van der Waals surface area contributed by atoms with Crippen LogP contribution in [-0.2, 0) is 0 Å². The van der Waals surface area contributed by atoms with E-state index in [9.17, 15) is 4.79 Å². The van der Waals surface area contributed by atoms with Crippen LogP contribution in [0.2, 0.25) is 5.02 Å². The van der Waals surface area contributed by atoms with E-state index in [1.165, 1.54) is 0 Å². The Kier molecular flexibility index (Phi) is 5.25. The third kappa shape index (κ3) is 3.71. The van der Waals surface area contributed by atoms with E-state index in [4.69, 9.17) is 11.6 Å². The molecule has 0 radical (unpaired) electrons. The van der Waals surface area contributed by atoms with Crippen molar-refractivity contribution in [3.05, 3.63) is 33.3 Å². The first-order valence-corrected chi connectivity index (χ1v) is 7.68. The Morgan fingerprint density at radius 2 is 2.16 bits per heavy atom. The molecule has 5 heteroatoms. The number of halogens is 2. The van der Waals surface area contributed by atoms with Crippen molar-refractivity contribution in [1.82, 2.24) is 10.2 Å². The van der Waals surface area contributed by atoms with Gasteiger partial charge in [-0.1, -0.05) is 27.5 Å². The van der Waals surface area contributed by atoms with Crippen molar-refractivity contribution in [2.45, 2.75) is 12.8 Å². The quantitative estimate of drug-likeness (QED) is 0.912. The van der Waals surface area contributed by atoms with Gasteiger partial charge in [0.15, 0.2) is 0 Å². The summed E-state index contributed by atoms with van der Waals surface area (Å²) in [6.07, 6.45) is 2.11. The van der Waals surface area contributed by atoms with E-state index in [2.05, 4.69) is 21.2 Å². The second-order valence-corrected chi connectivity index (χ2v) is 6.24. The van der Waals surface area contributed by atoms with Crippen molar-refractivity contribution < 1.29 is 4.79 Å². The fraction of sp³-hybridized carbons (Fsp3) is 0.500. The van der Waals surface area contributed by atoms with Crippen LogP contribution in [0.1, 0.15) is 23.2 Å². The van der Waals surface area contributed by atoms with Gasteiger partial charge in [-0.25, -0.2) is 0 Å². The monoisotopic (exact) mass is 344 g/mol. The molecule has 0 aliphatic carbocycles. The summed E-state index contributed by atoms with van der Waals surface area (Å²) in [5.41, 5.74) is 0.594. The second kappa shape index (κ2) is 6.73. The minimum atomic E-state index is 0.0420. The molecule has 1 aromatic rings. The Balaban J connectivity index is 2.01. The highest BCUT2D eigenvalue weighted by Gasteiger charge is 2.24. The van der Waals surface area contributed by atoms with Crippen molar-refractivity contribution in [2.75, 3.05) is 26.7 Å². The first-order chi connectivity index (χ1) is 9.11. The fourth-order valence-electron chi connectivity index (χ4n) is 2.46. The van der Waals surface area contributed by atoms with Crippen molar-refractivity contribution >= 4 is 33.4 Å². The van der Waals surface area contributed by atoms with Gasteiger partial charge in [-0.3, -0.25) is 4.79 Å². The SMILES string of the molecule is CNCC1CCN(C(=O)c2ccc(Br)cc2Cl)CC1. The maximum absolute atomic E-state index is 12.4. The summed E-state index contributed by atoms with van der Waals surface area (Å²) in [6.45, 7) is 2.66. The topological polar surface area (TPSA) is 32.3 Å². The molecule has 0 saturated carbocycles. The Morgan fingerprint density at radius 3 is 2.74 bits per heavy atom. The molecule has 1 saturated heterocycles. The van der Waals surface area contributed by atoms with Gasteiger partial charge in [-0.2, -0.15) is 0 Å². The summed E-state index contributed by atoms with van der Waals surface area (Å²) in [4.78, 5) is 14.3. The van der Waals surface area contributed by atoms with Gasteiger partial charge >= 0.3 is 0 Å². The highest BCUT2D eigenvalue weighted by molar-refractivity contribution is 9.10. The van der Waals surface area contributed by atoms with Gasteiger partial charge in [0.1, 0.15) is 0 Å². The predicted molar refractivity (Wildman–Crippen MR) is 81.7 cm³/mol. The largest absolute Gasteiger partial charge is 0.339 e. The number of likely N-dealkylation sites (tertiary alicyclic amines) is 1. The Labute approximate surface area is 127 Å². The molecular formula is C14H18BrClN2O. The molecule has 0 unspecified atom stereocenters. The van der Waals surface area contributed by atoms with Crippen LogP contribution in [0.15, 0.2) is 22.7 Å². The first kappa shape index (κ1) is 14.8. The number of nitrogens with one attached hydrogen (secondary N) is 1. The van der Waals surface area contributed by atoms with Crippen molar-refractivity contribution in [3.63, 3.8) is 0 Å². The minimum Gasteiger partial charge on any atom is -0.339 e. The normalized spacial score (nSPS) is 16.7. The van der Waals surface area contributed by atoms with Gasteiger partial charge in [0.25, 0.3) is 5.91 Å². The number of hydrogen-bond acceptors (Lipinski definition) is 2. The third-order valence-electron chi connectivity index (χ3n) is 3.56. The first-order valence-electron chi connectivity index (χ1n) is 6.50. The fourth-order valence-corrected chi connectivity index (χ4v) is 3.22. The van der Waals surface area contributed by atoms with Crippen LogP contribution in [0, 0.1) is 5.92 Å². The molecule has 1 amide bonds. The van der Waals surface area contributed by atoms with E-state index >= 15 is 0 Å². The maximum Gasteiger partial charge on any atom is 0.255 e. The number of amides is 1. The number of carbonyl (C=O) groups is 1. The summed E-state index contributed by atoms with van der Waals surface area (Å²) in [5, 5.41) is 3.71. The highest BCUT2D eigenvalue weighted by atomic mass is 79.9. The number of piperidine rings is 1. The van der Waals surface area contributed by atoms with Crippen molar-refractivity contribution in [2.24, 2.45) is 5.92 Å². The lowest BCUT2D eigenvalue weighted by Gasteiger charge is -2.32. The number of benzene rings is 1. The molecule has 0 atom stereocenters. The summed E-state index contributed by atoms with van der Waals surface area (Å²) in [6, 6.07) is 5.41. The maximum atomic E-state index is 12.4. The molecule has 0 bridgehead atoms. The Bertz CT molecular complexity index is 459. The average molecular weight is 346 g/mol. The molecule has 2 rings (SSSR count). The predicted octanol–water partition coefficient (Wildman–Crippen LogP) is 3.17.